The van der Waals surface area contributed by atoms with Gasteiger partial charge in [0.15, 0.2) is 0 Å². The molecule has 2 aliphatic rings. The predicted molar refractivity (Wildman–Crippen MR) is 57.7 cm³/mol. The van der Waals surface area contributed by atoms with Crippen molar-refractivity contribution in [3.63, 3.8) is 0 Å². The lowest BCUT2D eigenvalue weighted by Gasteiger charge is -2.42. The number of hydrogen-bond acceptors (Lipinski definition) is 3. The monoisotopic (exact) mass is 236 g/mol. The van der Waals surface area contributed by atoms with E-state index in [-0.39, 0.29) is 17.5 Å². The average Bonchev–Trinajstić information content (AvgIpc) is 2.18. The highest BCUT2D eigenvalue weighted by molar-refractivity contribution is 6.47. The highest BCUT2D eigenvalue weighted by Crippen LogP contribution is 2.55. The summed E-state index contributed by atoms with van der Waals surface area (Å²) in [5.41, 5.74) is 0.220. The molecule has 1 saturated carbocycles. The summed E-state index contributed by atoms with van der Waals surface area (Å²) in [6.45, 7) is 0. The quantitative estimate of drug-likeness (QED) is 0.727. The van der Waals surface area contributed by atoms with E-state index in [2.05, 4.69) is 0 Å². The minimum atomic E-state index is -1.37. The van der Waals surface area contributed by atoms with Crippen molar-refractivity contribution < 1.29 is 24.0 Å². The van der Waals surface area contributed by atoms with Crippen molar-refractivity contribution in [1.29, 1.82) is 0 Å². The van der Waals surface area contributed by atoms with E-state index in [4.69, 9.17) is 9.76 Å². The van der Waals surface area contributed by atoms with Crippen molar-refractivity contribution in [1.82, 2.24) is 0 Å². The largest absolute Gasteiger partial charge is 0.535 e. The van der Waals surface area contributed by atoms with Crippen LogP contribution in [0.15, 0.2) is 12.1 Å². The first-order valence-corrected chi connectivity index (χ1v) is 5.50. The molecular formula is C11H10BFO4. The Balaban J connectivity index is 2.17. The summed E-state index contributed by atoms with van der Waals surface area (Å²) >= 11 is 0. The molecule has 17 heavy (non-hydrogen) atoms. The van der Waals surface area contributed by atoms with Crippen LogP contribution < -0.4 is 4.65 Å². The number of rotatable bonds is 1. The van der Waals surface area contributed by atoms with E-state index in [9.17, 15) is 14.2 Å². The van der Waals surface area contributed by atoms with E-state index in [1.54, 1.807) is 6.07 Å². The van der Waals surface area contributed by atoms with Gasteiger partial charge in [-0.15, -0.1) is 0 Å². The molecule has 3 rings (SSSR count). The summed E-state index contributed by atoms with van der Waals surface area (Å²) in [6.07, 6.45) is 1.73. The molecule has 1 fully saturated rings. The molecular weight excluding hydrogens is 226 g/mol. The van der Waals surface area contributed by atoms with Gasteiger partial charge in [0.2, 0.25) is 0 Å². The fourth-order valence-corrected chi connectivity index (χ4v) is 2.65. The Hall–Kier alpha value is -1.56. The van der Waals surface area contributed by atoms with Gasteiger partial charge in [0.1, 0.15) is 17.1 Å². The number of carbonyl (C=O) groups is 1. The maximum absolute atomic E-state index is 13.5. The number of aromatic carboxylic acids is 1. The zero-order valence-corrected chi connectivity index (χ0v) is 8.89. The van der Waals surface area contributed by atoms with Crippen LogP contribution in [0.3, 0.4) is 0 Å². The first-order valence-electron chi connectivity index (χ1n) is 5.50. The van der Waals surface area contributed by atoms with Crippen LogP contribution >= 0.6 is 0 Å². The molecule has 0 unspecified atom stereocenters. The molecule has 6 heteroatoms. The van der Waals surface area contributed by atoms with Crippen molar-refractivity contribution >= 4 is 13.1 Å². The van der Waals surface area contributed by atoms with Gasteiger partial charge in [-0.3, -0.25) is 0 Å². The summed E-state index contributed by atoms with van der Waals surface area (Å²) in [6, 6.07) is 2.71. The molecule has 4 nitrogen and oxygen atoms in total. The fourth-order valence-electron chi connectivity index (χ4n) is 2.65. The lowest BCUT2D eigenvalue weighted by atomic mass is 9.51. The highest BCUT2D eigenvalue weighted by Gasteiger charge is 2.49. The van der Waals surface area contributed by atoms with Gasteiger partial charge in [-0.1, -0.05) is 6.07 Å². The van der Waals surface area contributed by atoms with E-state index in [1.165, 1.54) is 0 Å². The predicted octanol–water partition coefficient (Wildman–Crippen LogP) is 1.64. The Bertz CT molecular complexity index is 504. The van der Waals surface area contributed by atoms with Gasteiger partial charge in [-0.05, 0) is 30.4 Å². The summed E-state index contributed by atoms with van der Waals surface area (Å²) < 4.78 is 18.6. The first kappa shape index (κ1) is 10.6. The Morgan fingerprint density at radius 3 is 2.82 bits per heavy atom. The van der Waals surface area contributed by atoms with Crippen LogP contribution in [0.25, 0.3) is 0 Å². The normalized spacial score (nSPS) is 25.4. The summed E-state index contributed by atoms with van der Waals surface area (Å²) in [7, 11) is -1.03. The second-order valence-electron chi connectivity index (χ2n) is 4.50. The zero-order valence-electron chi connectivity index (χ0n) is 8.89. The number of carboxylic acids is 1. The molecule has 1 aliphatic heterocycles. The van der Waals surface area contributed by atoms with Crippen LogP contribution in [-0.2, 0) is 0 Å². The molecule has 0 bridgehead atoms. The van der Waals surface area contributed by atoms with Gasteiger partial charge in [0.05, 0.1) is 0 Å². The van der Waals surface area contributed by atoms with Crippen LogP contribution in [0.2, 0.25) is 5.82 Å². The standard InChI is InChI=1S/C11H10BFO4/c13-8-4-2-6-5-1-3-7(5)12(16)17-10(6)9(8)11(14)15/h2,4-5,7,16H,1,3H2,(H,14,15)/t5-,7-/m1/s1. The Kier molecular flexibility index (Phi) is 2.16. The second kappa shape index (κ2) is 3.47. The van der Waals surface area contributed by atoms with Crippen LogP contribution in [0.5, 0.6) is 5.75 Å². The number of fused-ring (bicyclic) bond motifs is 3. The summed E-state index contributed by atoms with van der Waals surface area (Å²) in [5, 5.41) is 18.7. The smallest absolute Gasteiger partial charge is 0.526 e. The van der Waals surface area contributed by atoms with Gasteiger partial charge in [-0.2, -0.15) is 0 Å². The first-order chi connectivity index (χ1) is 8.09. The summed E-state index contributed by atoms with van der Waals surface area (Å²) in [4.78, 5) is 11.0. The van der Waals surface area contributed by atoms with Crippen molar-refractivity contribution in [3.05, 3.63) is 29.1 Å². The number of carboxylic acid groups (broad SMARTS) is 1. The Morgan fingerprint density at radius 1 is 1.47 bits per heavy atom. The average molecular weight is 236 g/mol. The third kappa shape index (κ3) is 1.37. The zero-order chi connectivity index (χ0) is 12.2. The number of benzene rings is 1. The topological polar surface area (TPSA) is 66.8 Å². The van der Waals surface area contributed by atoms with Crippen LogP contribution in [0.4, 0.5) is 4.39 Å². The molecule has 2 atom stereocenters. The van der Waals surface area contributed by atoms with E-state index < -0.39 is 24.5 Å². The second-order valence-corrected chi connectivity index (χ2v) is 4.50. The molecule has 1 aromatic carbocycles. The lowest BCUT2D eigenvalue weighted by Crippen LogP contribution is -2.42. The van der Waals surface area contributed by atoms with Crippen molar-refractivity contribution in [2.45, 2.75) is 24.6 Å². The SMILES string of the molecule is O=C(O)c1c(F)ccc2c1OB(O)[C@@H]1CC[C@H]21. The molecule has 0 aromatic heterocycles. The molecule has 1 aliphatic carbocycles. The molecule has 0 saturated heterocycles. The van der Waals surface area contributed by atoms with Gasteiger partial charge in [0, 0.05) is 5.82 Å². The van der Waals surface area contributed by atoms with Crippen LogP contribution in [0, 0.1) is 5.82 Å². The molecule has 0 amide bonds. The molecule has 1 aromatic rings. The highest BCUT2D eigenvalue weighted by atomic mass is 19.1. The maximum atomic E-state index is 13.5. The number of halogens is 1. The van der Waals surface area contributed by atoms with Crippen molar-refractivity contribution in [2.75, 3.05) is 0 Å². The molecule has 2 N–H and O–H groups in total. The van der Waals surface area contributed by atoms with E-state index in [1.807, 2.05) is 0 Å². The fraction of sp³-hybridized carbons (Fsp3) is 0.364. The van der Waals surface area contributed by atoms with Gasteiger partial charge < -0.3 is 14.8 Å². The van der Waals surface area contributed by atoms with Gasteiger partial charge in [-0.25, -0.2) is 9.18 Å². The van der Waals surface area contributed by atoms with Crippen LogP contribution in [0.1, 0.15) is 34.7 Å². The van der Waals surface area contributed by atoms with Crippen molar-refractivity contribution in [3.8, 4) is 5.75 Å². The van der Waals surface area contributed by atoms with E-state index in [0.29, 0.717) is 5.56 Å². The minimum Gasteiger partial charge on any atom is -0.535 e. The lowest BCUT2D eigenvalue weighted by molar-refractivity contribution is 0.0688. The van der Waals surface area contributed by atoms with E-state index >= 15 is 0 Å². The Labute approximate surface area is 97.2 Å². The number of hydrogen-bond donors (Lipinski definition) is 2. The molecule has 0 radical (unpaired) electrons. The summed E-state index contributed by atoms with van der Waals surface area (Å²) in [5.74, 6) is -2.11. The third-order valence-corrected chi connectivity index (χ3v) is 3.68. The molecule has 0 spiro atoms. The van der Waals surface area contributed by atoms with Crippen LogP contribution in [-0.4, -0.2) is 23.2 Å². The third-order valence-electron chi connectivity index (χ3n) is 3.68. The minimum absolute atomic E-state index is 0.00838. The van der Waals surface area contributed by atoms with Crippen molar-refractivity contribution in [2.24, 2.45) is 0 Å². The van der Waals surface area contributed by atoms with Gasteiger partial charge >= 0.3 is 13.1 Å². The van der Waals surface area contributed by atoms with Gasteiger partial charge in [0.25, 0.3) is 0 Å². The molecule has 1 heterocycles. The Morgan fingerprint density at radius 2 is 2.24 bits per heavy atom. The molecule has 88 valence electrons. The maximum Gasteiger partial charge on any atom is 0.526 e. The van der Waals surface area contributed by atoms with E-state index in [0.717, 1.165) is 18.9 Å².